The number of anilines is 2. The van der Waals surface area contributed by atoms with Crippen molar-refractivity contribution in [2.45, 2.75) is 4.90 Å². The number of carboxylic acid groups (broad SMARTS) is 1. The molecule has 0 aliphatic rings. The number of benzene rings is 2. The summed E-state index contributed by atoms with van der Waals surface area (Å²) in [5, 5.41) is 8.93. The molecule has 2 aromatic carbocycles. The lowest BCUT2D eigenvalue weighted by atomic mass is 10.2. The van der Waals surface area contributed by atoms with Crippen molar-refractivity contribution in [1.29, 1.82) is 0 Å². The first-order valence-electron chi connectivity index (χ1n) is 5.81. The molecule has 6 nitrogen and oxygen atoms in total. The van der Waals surface area contributed by atoms with Crippen LogP contribution in [0.3, 0.4) is 0 Å². The molecule has 0 amide bonds. The molecule has 0 radical (unpaired) electrons. The van der Waals surface area contributed by atoms with E-state index in [1.54, 1.807) is 0 Å². The minimum atomic E-state index is -3.83. The van der Waals surface area contributed by atoms with Crippen LogP contribution in [0.1, 0.15) is 10.4 Å². The number of carboxylic acids is 1. The summed E-state index contributed by atoms with van der Waals surface area (Å²) in [5.74, 6) is -1.13. The highest BCUT2D eigenvalue weighted by atomic mass is 127. The summed E-state index contributed by atoms with van der Waals surface area (Å²) in [4.78, 5) is 11.0. The molecule has 0 atom stereocenters. The van der Waals surface area contributed by atoms with E-state index in [1.165, 1.54) is 36.4 Å². The molecule has 0 spiro atoms. The van der Waals surface area contributed by atoms with Gasteiger partial charge in [0, 0.05) is 12.8 Å². The van der Waals surface area contributed by atoms with E-state index >= 15 is 0 Å². The number of hydrogen-bond donors (Lipinski definition) is 3. The third-order valence-corrected chi connectivity index (χ3v) is 5.87. The van der Waals surface area contributed by atoms with E-state index in [0.29, 0.717) is 12.8 Å². The Hall–Kier alpha value is -1.08. The zero-order chi connectivity index (χ0) is 16.5. The van der Waals surface area contributed by atoms with Crippen LogP contribution in [0.4, 0.5) is 11.4 Å². The molecular weight excluding hydrogens is 534 g/mol. The highest BCUT2D eigenvalue weighted by Gasteiger charge is 2.18. The number of sulfonamides is 1. The number of halogens is 2. The fourth-order valence-corrected chi connectivity index (χ4v) is 4.94. The summed E-state index contributed by atoms with van der Waals surface area (Å²) < 4.78 is 28.4. The zero-order valence-corrected chi connectivity index (χ0v) is 16.0. The number of nitrogen functional groups attached to an aromatic ring is 1. The second-order valence-electron chi connectivity index (χ2n) is 4.29. The molecule has 2 aromatic rings. The van der Waals surface area contributed by atoms with Crippen molar-refractivity contribution in [2.75, 3.05) is 10.5 Å². The van der Waals surface area contributed by atoms with E-state index in [4.69, 9.17) is 10.8 Å². The monoisotopic (exact) mass is 544 g/mol. The lowest BCUT2D eigenvalue weighted by Gasteiger charge is -2.11. The Morgan fingerprint density at radius 2 is 1.73 bits per heavy atom. The van der Waals surface area contributed by atoms with Crippen molar-refractivity contribution in [3.05, 3.63) is 49.1 Å². The fourth-order valence-electron chi connectivity index (χ4n) is 1.65. The lowest BCUT2D eigenvalue weighted by molar-refractivity contribution is 0.0697. The molecule has 0 saturated carbocycles. The van der Waals surface area contributed by atoms with Gasteiger partial charge in [0.15, 0.2) is 0 Å². The molecular formula is C13H10I2N2O4S. The standard InChI is InChI=1S/C13H10I2N2O4S/c14-10-5-9(6-11(15)12(10)16)22(20,21)17-8-3-1-2-7(4-8)13(18)19/h1-6,17H,16H2,(H,18,19). The molecule has 0 aliphatic heterocycles. The summed E-state index contributed by atoms with van der Waals surface area (Å²) >= 11 is 3.92. The fraction of sp³-hybridized carbons (Fsp3) is 0. The first-order chi connectivity index (χ1) is 10.2. The molecule has 9 heteroatoms. The molecule has 4 N–H and O–H groups in total. The average molecular weight is 544 g/mol. The number of carbonyl (C=O) groups is 1. The van der Waals surface area contributed by atoms with Gasteiger partial charge in [-0.25, -0.2) is 13.2 Å². The Morgan fingerprint density at radius 3 is 2.27 bits per heavy atom. The summed E-state index contributed by atoms with van der Waals surface area (Å²) in [6, 6.07) is 8.51. The van der Waals surface area contributed by atoms with Crippen LogP contribution >= 0.6 is 45.2 Å². The highest BCUT2D eigenvalue weighted by molar-refractivity contribution is 14.1. The normalized spacial score (nSPS) is 11.2. The highest BCUT2D eigenvalue weighted by Crippen LogP contribution is 2.27. The first kappa shape index (κ1) is 17.3. The number of nitrogens with one attached hydrogen (secondary N) is 1. The number of hydrogen-bond acceptors (Lipinski definition) is 4. The maximum absolute atomic E-state index is 12.4. The second kappa shape index (κ2) is 6.58. The molecule has 2 rings (SSSR count). The minimum absolute atomic E-state index is 0.00154. The van der Waals surface area contributed by atoms with E-state index < -0.39 is 16.0 Å². The van der Waals surface area contributed by atoms with Crippen molar-refractivity contribution in [1.82, 2.24) is 0 Å². The quantitative estimate of drug-likeness (QED) is 0.406. The van der Waals surface area contributed by atoms with Crippen LogP contribution in [0.25, 0.3) is 0 Å². The number of rotatable bonds is 4. The smallest absolute Gasteiger partial charge is 0.335 e. The third-order valence-electron chi connectivity index (χ3n) is 2.72. The Morgan fingerprint density at radius 1 is 1.14 bits per heavy atom. The predicted molar refractivity (Wildman–Crippen MR) is 100 cm³/mol. The largest absolute Gasteiger partial charge is 0.478 e. The van der Waals surface area contributed by atoms with Crippen molar-refractivity contribution in [3.8, 4) is 0 Å². The average Bonchev–Trinajstić information content (AvgIpc) is 2.44. The van der Waals surface area contributed by atoms with Gasteiger partial charge in [0.05, 0.1) is 16.1 Å². The van der Waals surface area contributed by atoms with Gasteiger partial charge in [-0.15, -0.1) is 0 Å². The molecule has 0 saturated heterocycles. The first-order valence-corrected chi connectivity index (χ1v) is 9.45. The Bertz CT molecular complexity index is 830. The van der Waals surface area contributed by atoms with Gasteiger partial charge in [0.25, 0.3) is 10.0 Å². The van der Waals surface area contributed by atoms with Crippen LogP contribution < -0.4 is 10.5 Å². The Labute approximate surface area is 154 Å². The molecule has 22 heavy (non-hydrogen) atoms. The Balaban J connectivity index is 2.40. The van der Waals surface area contributed by atoms with E-state index in [2.05, 4.69) is 4.72 Å². The molecule has 0 unspecified atom stereocenters. The van der Waals surface area contributed by atoms with Crippen LogP contribution in [0.2, 0.25) is 0 Å². The summed E-state index contributed by atoms with van der Waals surface area (Å²) in [7, 11) is -3.83. The summed E-state index contributed by atoms with van der Waals surface area (Å²) in [6.07, 6.45) is 0. The van der Waals surface area contributed by atoms with Crippen LogP contribution in [0.5, 0.6) is 0 Å². The number of aromatic carboxylic acids is 1. The number of nitrogens with two attached hydrogens (primary N) is 1. The minimum Gasteiger partial charge on any atom is -0.478 e. The van der Waals surface area contributed by atoms with Crippen molar-refractivity contribution in [3.63, 3.8) is 0 Å². The van der Waals surface area contributed by atoms with E-state index in [-0.39, 0.29) is 16.1 Å². The van der Waals surface area contributed by atoms with Gasteiger partial charge in [0.2, 0.25) is 0 Å². The van der Waals surface area contributed by atoms with Gasteiger partial charge in [-0.05, 0) is 75.5 Å². The third kappa shape index (κ3) is 3.81. The molecule has 116 valence electrons. The maximum atomic E-state index is 12.4. The predicted octanol–water partition coefficient (Wildman–Crippen LogP) is 2.98. The molecule has 0 aliphatic carbocycles. The van der Waals surface area contributed by atoms with E-state index in [9.17, 15) is 13.2 Å². The van der Waals surface area contributed by atoms with E-state index in [0.717, 1.165) is 0 Å². The van der Waals surface area contributed by atoms with Gasteiger partial charge in [-0.3, -0.25) is 4.72 Å². The van der Waals surface area contributed by atoms with Crippen molar-refractivity contribution >= 4 is 72.5 Å². The van der Waals surface area contributed by atoms with Gasteiger partial charge >= 0.3 is 5.97 Å². The molecule has 0 aromatic heterocycles. The zero-order valence-electron chi connectivity index (χ0n) is 10.9. The van der Waals surface area contributed by atoms with Crippen molar-refractivity contribution < 1.29 is 18.3 Å². The summed E-state index contributed by atoms with van der Waals surface area (Å²) in [5.41, 5.74) is 6.51. The molecule has 0 fully saturated rings. The van der Waals surface area contributed by atoms with Gasteiger partial charge < -0.3 is 10.8 Å². The maximum Gasteiger partial charge on any atom is 0.335 e. The summed E-state index contributed by atoms with van der Waals surface area (Å²) in [6.45, 7) is 0. The van der Waals surface area contributed by atoms with Crippen LogP contribution in [0, 0.1) is 7.14 Å². The lowest BCUT2D eigenvalue weighted by Crippen LogP contribution is -2.14. The van der Waals surface area contributed by atoms with Gasteiger partial charge in [-0.1, -0.05) is 6.07 Å². The topological polar surface area (TPSA) is 109 Å². The van der Waals surface area contributed by atoms with Crippen LogP contribution in [-0.2, 0) is 10.0 Å². The van der Waals surface area contributed by atoms with Gasteiger partial charge in [-0.2, -0.15) is 0 Å². The van der Waals surface area contributed by atoms with Crippen LogP contribution in [0.15, 0.2) is 41.3 Å². The van der Waals surface area contributed by atoms with E-state index in [1.807, 2.05) is 45.2 Å². The SMILES string of the molecule is Nc1c(I)cc(S(=O)(=O)Nc2cccc(C(=O)O)c2)cc1I. The Kier molecular flexibility index (Phi) is 5.17. The van der Waals surface area contributed by atoms with Crippen molar-refractivity contribution in [2.24, 2.45) is 0 Å². The van der Waals surface area contributed by atoms with Gasteiger partial charge in [0.1, 0.15) is 0 Å². The second-order valence-corrected chi connectivity index (χ2v) is 8.30. The molecule has 0 bridgehead atoms. The van der Waals surface area contributed by atoms with Crippen LogP contribution in [-0.4, -0.2) is 19.5 Å². The molecule has 0 heterocycles.